The van der Waals surface area contributed by atoms with E-state index in [0.717, 1.165) is 19.3 Å². The minimum atomic E-state index is -3.87. The summed E-state index contributed by atoms with van der Waals surface area (Å²) < 4.78 is 37.2. The molecule has 170 valence electrons. The van der Waals surface area contributed by atoms with Crippen molar-refractivity contribution in [1.29, 1.82) is 0 Å². The Balaban J connectivity index is 1.54. The van der Waals surface area contributed by atoms with Crippen LogP contribution < -0.4 is 5.32 Å². The van der Waals surface area contributed by atoms with Gasteiger partial charge in [-0.2, -0.15) is 4.31 Å². The van der Waals surface area contributed by atoms with Gasteiger partial charge in [0.1, 0.15) is 4.90 Å². The first-order valence-electron chi connectivity index (χ1n) is 10.4. The van der Waals surface area contributed by atoms with Crippen LogP contribution in [0.15, 0.2) is 34.7 Å². The molecule has 1 aromatic carbocycles. The van der Waals surface area contributed by atoms with Gasteiger partial charge >= 0.3 is 5.97 Å². The van der Waals surface area contributed by atoms with E-state index in [0.29, 0.717) is 19.8 Å². The highest BCUT2D eigenvalue weighted by Crippen LogP contribution is 2.27. The van der Waals surface area contributed by atoms with Gasteiger partial charge in [0.05, 0.1) is 23.8 Å². The fourth-order valence-electron chi connectivity index (χ4n) is 3.51. The number of allylic oxidation sites excluding steroid dienone is 1. The fourth-order valence-corrected chi connectivity index (χ4v) is 5.42. The number of amides is 1. The van der Waals surface area contributed by atoms with E-state index in [9.17, 15) is 18.0 Å². The lowest BCUT2D eigenvalue weighted by Gasteiger charge is -2.26. The maximum Gasteiger partial charge on any atom is 0.338 e. The van der Waals surface area contributed by atoms with Gasteiger partial charge in [0.2, 0.25) is 10.0 Å². The molecule has 2 aliphatic rings. The van der Waals surface area contributed by atoms with E-state index >= 15 is 0 Å². The van der Waals surface area contributed by atoms with Crippen molar-refractivity contribution >= 4 is 33.5 Å². The zero-order valence-corrected chi connectivity index (χ0v) is 18.8. The normalized spacial score (nSPS) is 17.6. The van der Waals surface area contributed by atoms with Gasteiger partial charge in [0.15, 0.2) is 6.61 Å². The van der Waals surface area contributed by atoms with E-state index in [4.69, 9.17) is 21.1 Å². The van der Waals surface area contributed by atoms with Gasteiger partial charge in [-0.05, 0) is 50.3 Å². The second kappa shape index (κ2) is 11.1. The lowest BCUT2D eigenvalue weighted by atomic mass is 9.97. The Kier molecular flexibility index (Phi) is 8.48. The molecule has 10 heteroatoms. The molecule has 1 N–H and O–H groups in total. The highest BCUT2D eigenvalue weighted by Gasteiger charge is 2.29. The van der Waals surface area contributed by atoms with Crippen LogP contribution in [0.3, 0.4) is 0 Å². The molecule has 31 heavy (non-hydrogen) atoms. The summed E-state index contributed by atoms with van der Waals surface area (Å²) in [7, 11) is -3.87. The molecule has 0 atom stereocenters. The SMILES string of the molecule is O=C(COC(=O)c1ccc(Cl)c(S(=O)(=O)N2CCOCC2)c1)NCCC1=CCCCC1. The number of ether oxygens (including phenoxy) is 2. The van der Waals surface area contributed by atoms with Crippen molar-refractivity contribution in [2.75, 3.05) is 39.5 Å². The Morgan fingerprint density at radius 3 is 2.68 bits per heavy atom. The van der Waals surface area contributed by atoms with E-state index in [-0.39, 0.29) is 28.6 Å². The molecular weight excluding hydrogens is 444 g/mol. The van der Waals surface area contributed by atoms with Crippen LogP contribution in [-0.2, 0) is 24.3 Å². The molecule has 0 radical (unpaired) electrons. The third-order valence-electron chi connectivity index (χ3n) is 5.24. The molecule has 1 fully saturated rings. The molecule has 0 saturated carbocycles. The second-order valence-electron chi connectivity index (χ2n) is 7.45. The average molecular weight is 471 g/mol. The number of benzene rings is 1. The van der Waals surface area contributed by atoms with E-state index in [2.05, 4.69) is 11.4 Å². The van der Waals surface area contributed by atoms with Crippen LogP contribution in [0.1, 0.15) is 42.5 Å². The Bertz CT molecular complexity index is 941. The van der Waals surface area contributed by atoms with Crippen LogP contribution in [0.5, 0.6) is 0 Å². The maximum absolute atomic E-state index is 12.9. The van der Waals surface area contributed by atoms with Gasteiger partial charge in [0, 0.05) is 19.6 Å². The maximum atomic E-state index is 12.9. The molecule has 0 spiro atoms. The first-order valence-corrected chi connectivity index (χ1v) is 12.2. The van der Waals surface area contributed by atoms with E-state index in [1.807, 2.05) is 0 Å². The number of nitrogens with one attached hydrogen (secondary N) is 1. The Labute approximate surface area is 187 Å². The van der Waals surface area contributed by atoms with Crippen molar-refractivity contribution < 1.29 is 27.5 Å². The zero-order chi connectivity index (χ0) is 22.3. The number of carbonyl (C=O) groups excluding carboxylic acids is 2. The van der Waals surface area contributed by atoms with E-state index < -0.39 is 28.5 Å². The molecule has 8 nitrogen and oxygen atoms in total. The van der Waals surface area contributed by atoms with Crippen molar-refractivity contribution in [1.82, 2.24) is 9.62 Å². The van der Waals surface area contributed by atoms with E-state index in [1.165, 1.54) is 40.9 Å². The van der Waals surface area contributed by atoms with E-state index in [1.54, 1.807) is 0 Å². The smallest absolute Gasteiger partial charge is 0.338 e. The molecular formula is C21H27ClN2O6S. The number of rotatable bonds is 8. The number of halogens is 1. The van der Waals surface area contributed by atoms with Gasteiger partial charge < -0.3 is 14.8 Å². The molecule has 3 rings (SSSR count). The summed E-state index contributed by atoms with van der Waals surface area (Å²) in [6.45, 7) is 1.07. The molecule has 1 aromatic rings. The van der Waals surface area contributed by atoms with Crippen LogP contribution in [0, 0.1) is 0 Å². The Hall–Kier alpha value is -1.94. The van der Waals surface area contributed by atoms with Crippen molar-refractivity contribution in [3.05, 3.63) is 40.4 Å². The predicted molar refractivity (Wildman–Crippen MR) is 115 cm³/mol. The number of nitrogens with zero attached hydrogens (tertiary/aromatic N) is 1. The Morgan fingerprint density at radius 2 is 1.97 bits per heavy atom. The fraction of sp³-hybridized carbons (Fsp3) is 0.524. The molecule has 0 bridgehead atoms. The predicted octanol–water partition coefficient (Wildman–Crippen LogP) is 2.52. The summed E-state index contributed by atoms with van der Waals surface area (Å²) in [4.78, 5) is 24.1. The van der Waals surface area contributed by atoms with Gasteiger partial charge in [0.25, 0.3) is 5.91 Å². The summed E-state index contributed by atoms with van der Waals surface area (Å²) in [5.41, 5.74) is 1.36. The number of carbonyl (C=O) groups is 2. The minimum absolute atomic E-state index is 0.0106. The molecule has 1 aliphatic heterocycles. The molecule has 0 aromatic heterocycles. The molecule has 1 aliphatic carbocycles. The summed E-state index contributed by atoms with van der Waals surface area (Å²) in [6.07, 6.45) is 7.56. The van der Waals surface area contributed by atoms with Gasteiger partial charge in [-0.25, -0.2) is 13.2 Å². The largest absolute Gasteiger partial charge is 0.452 e. The molecule has 1 amide bonds. The van der Waals surface area contributed by atoms with Gasteiger partial charge in [-0.15, -0.1) is 0 Å². The first-order chi connectivity index (χ1) is 14.9. The second-order valence-corrected chi connectivity index (χ2v) is 9.76. The van der Waals surface area contributed by atoms with Crippen LogP contribution in [0.4, 0.5) is 0 Å². The summed E-state index contributed by atoms with van der Waals surface area (Å²) in [5, 5.41) is 2.74. The third-order valence-corrected chi connectivity index (χ3v) is 7.62. The number of hydrogen-bond acceptors (Lipinski definition) is 6. The summed E-state index contributed by atoms with van der Waals surface area (Å²) in [5.74, 6) is -1.19. The first kappa shape index (κ1) is 23.7. The highest BCUT2D eigenvalue weighted by atomic mass is 35.5. The number of hydrogen-bond donors (Lipinski definition) is 1. The number of sulfonamides is 1. The summed E-state index contributed by atoms with van der Waals surface area (Å²) in [6, 6.07) is 3.89. The Morgan fingerprint density at radius 1 is 1.19 bits per heavy atom. The van der Waals surface area contributed by atoms with Crippen LogP contribution in [0.25, 0.3) is 0 Å². The quantitative estimate of drug-likeness (QED) is 0.462. The van der Waals surface area contributed by atoms with Gasteiger partial charge in [-0.1, -0.05) is 23.3 Å². The van der Waals surface area contributed by atoms with Gasteiger partial charge in [-0.3, -0.25) is 4.79 Å². The number of morpholine rings is 1. The summed E-state index contributed by atoms with van der Waals surface area (Å²) >= 11 is 6.10. The lowest BCUT2D eigenvalue weighted by Crippen LogP contribution is -2.40. The highest BCUT2D eigenvalue weighted by molar-refractivity contribution is 7.89. The standard InChI is InChI=1S/C21H27ClN2O6S/c22-18-7-6-17(14-19(18)31(27,28)24-10-12-29-13-11-24)21(26)30-15-20(25)23-9-8-16-4-2-1-3-5-16/h4,6-7,14H,1-3,5,8-13,15H2,(H,23,25). The molecule has 0 unspecified atom stereocenters. The average Bonchev–Trinajstić information content (AvgIpc) is 2.79. The molecule has 1 saturated heterocycles. The third kappa shape index (κ3) is 6.52. The van der Waals surface area contributed by atoms with Crippen molar-refractivity contribution in [3.8, 4) is 0 Å². The number of esters is 1. The zero-order valence-electron chi connectivity index (χ0n) is 17.3. The van der Waals surface area contributed by atoms with Crippen LogP contribution >= 0.6 is 11.6 Å². The van der Waals surface area contributed by atoms with Crippen molar-refractivity contribution in [3.63, 3.8) is 0 Å². The monoisotopic (exact) mass is 470 g/mol. The van der Waals surface area contributed by atoms with Crippen LogP contribution in [-0.4, -0.2) is 64.1 Å². The minimum Gasteiger partial charge on any atom is -0.452 e. The van der Waals surface area contributed by atoms with Crippen LogP contribution in [0.2, 0.25) is 5.02 Å². The van der Waals surface area contributed by atoms with Crippen molar-refractivity contribution in [2.45, 2.75) is 37.0 Å². The topological polar surface area (TPSA) is 102 Å². The molecule has 1 heterocycles. The van der Waals surface area contributed by atoms with Crippen molar-refractivity contribution in [2.24, 2.45) is 0 Å². The lowest BCUT2D eigenvalue weighted by molar-refractivity contribution is -0.124.